The molecule has 0 aliphatic heterocycles. The molecule has 68 valence electrons. The van der Waals surface area contributed by atoms with Crippen molar-refractivity contribution in [3.8, 4) is 0 Å². The Morgan fingerprint density at radius 1 is 1.31 bits per heavy atom. The van der Waals surface area contributed by atoms with Crippen molar-refractivity contribution in [1.29, 1.82) is 0 Å². The van der Waals surface area contributed by atoms with Gasteiger partial charge in [0.2, 0.25) is 0 Å². The first-order valence-corrected chi connectivity index (χ1v) is 3.94. The van der Waals surface area contributed by atoms with E-state index in [1.54, 1.807) is 12.1 Å². The minimum atomic E-state index is -0.870. The Hall–Kier alpha value is -0.544. The molecule has 0 fully saturated rings. The largest absolute Gasteiger partial charge is 2.00 e. The predicted molar refractivity (Wildman–Crippen MR) is 55.5 cm³/mol. The Morgan fingerprint density at radius 2 is 1.77 bits per heavy atom. The summed E-state index contributed by atoms with van der Waals surface area (Å²) in [7, 11) is 0. The van der Waals surface area contributed by atoms with Gasteiger partial charge in [-0.3, -0.25) is 0 Å². The topological polar surface area (TPSA) is 37.3 Å². The van der Waals surface area contributed by atoms with Gasteiger partial charge in [0.25, 0.3) is 0 Å². The second-order valence-electron chi connectivity index (χ2n) is 3.08. The fourth-order valence-electron chi connectivity index (χ4n) is 1.01. The summed E-state index contributed by atoms with van der Waals surface area (Å²) in [6.07, 6.45) is 0. The van der Waals surface area contributed by atoms with E-state index in [1.165, 1.54) is 5.56 Å². The van der Waals surface area contributed by atoms with Crippen LogP contribution < -0.4 is 0 Å². The number of carbonyl (C=O) groups is 1. The van der Waals surface area contributed by atoms with Crippen LogP contribution in [0.15, 0.2) is 24.3 Å². The first kappa shape index (κ1) is 12.5. The van der Waals surface area contributed by atoms with E-state index in [4.69, 9.17) is 5.11 Å². The van der Waals surface area contributed by atoms with Crippen molar-refractivity contribution in [2.45, 2.75) is 19.8 Å². The summed E-state index contributed by atoms with van der Waals surface area (Å²) in [4.78, 5) is 10.5. The maximum Gasteiger partial charge on any atom is 2.00 e. The summed E-state index contributed by atoms with van der Waals surface area (Å²) in [6, 6.07) is 6.98. The van der Waals surface area contributed by atoms with E-state index in [0.29, 0.717) is 11.5 Å². The molecule has 1 aromatic rings. The van der Waals surface area contributed by atoms with Gasteiger partial charge in [-0.2, -0.15) is 0 Å². The Kier molecular flexibility index (Phi) is 5.02. The molecule has 0 unspecified atom stereocenters. The van der Waals surface area contributed by atoms with Crippen LogP contribution in [0, 0.1) is 0 Å². The summed E-state index contributed by atoms with van der Waals surface area (Å²) in [5.41, 5.74) is 1.51. The minimum absolute atomic E-state index is 0. The van der Waals surface area contributed by atoms with Crippen molar-refractivity contribution in [1.82, 2.24) is 0 Å². The average Bonchev–Trinajstić information content (AvgIpc) is 2.04. The van der Waals surface area contributed by atoms with Crippen LogP contribution in [-0.4, -0.2) is 34.1 Å². The molecular formula is C10H14MgO2. The van der Waals surface area contributed by atoms with Crippen molar-refractivity contribution in [3.63, 3.8) is 0 Å². The molecule has 0 amide bonds. The second-order valence-corrected chi connectivity index (χ2v) is 3.08. The van der Waals surface area contributed by atoms with Crippen LogP contribution in [0.5, 0.6) is 0 Å². The zero-order valence-electron chi connectivity index (χ0n) is 9.95. The summed E-state index contributed by atoms with van der Waals surface area (Å²) >= 11 is 0. The number of hydrogen-bond acceptors (Lipinski definition) is 1. The molecule has 0 saturated carbocycles. The second kappa shape index (κ2) is 5.24. The number of rotatable bonds is 2. The van der Waals surface area contributed by atoms with Gasteiger partial charge in [0.1, 0.15) is 0 Å². The van der Waals surface area contributed by atoms with E-state index in [-0.39, 0.29) is 25.9 Å². The third kappa shape index (κ3) is 3.36. The number of hydrogen-bond donors (Lipinski definition) is 1. The fraction of sp³-hybridized carbons (Fsp3) is 0.300. The first-order chi connectivity index (χ1) is 5.61. The predicted octanol–water partition coefficient (Wildman–Crippen LogP) is 2.35. The molecule has 2 nitrogen and oxygen atoms in total. The number of carboxylic acids is 1. The van der Waals surface area contributed by atoms with Crippen LogP contribution in [0.4, 0.5) is 0 Å². The van der Waals surface area contributed by atoms with Gasteiger partial charge in [0, 0.05) is 0 Å². The van der Waals surface area contributed by atoms with E-state index in [1.807, 2.05) is 12.1 Å². The van der Waals surface area contributed by atoms with Crippen LogP contribution in [-0.2, 0) is 0 Å². The number of carboxylic acid groups (broad SMARTS) is 1. The third-order valence-electron chi connectivity index (χ3n) is 1.82. The molecule has 1 aromatic carbocycles. The third-order valence-corrected chi connectivity index (χ3v) is 1.82. The molecule has 3 heteroatoms. The molecule has 0 saturated heterocycles. The van der Waals surface area contributed by atoms with Gasteiger partial charge < -0.3 is 7.96 Å². The van der Waals surface area contributed by atoms with Gasteiger partial charge in [-0.05, 0) is 23.6 Å². The van der Waals surface area contributed by atoms with Crippen molar-refractivity contribution in [3.05, 3.63) is 35.4 Å². The molecule has 0 bridgehead atoms. The van der Waals surface area contributed by atoms with Crippen LogP contribution in [0.25, 0.3) is 0 Å². The molecule has 0 atom stereocenters. The van der Waals surface area contributed by atoms with Gasteiger partial charge >= 0.3 is 29.0 Å². The molecule has 0 aliphatic carbocycles. The minimum Gasteiger partial charge on any atom is -1.00 e. The van der Waals surface area contributed by atoms with E-state index >= 15 is 0 Å². The maximum absolute atomic E-state index is 10.5. The molecule has 1 N–H and O–H groups in total. The molecule has 1 rings (SSSR count). The van der Waals surface area contributed by atoms with Gasteiger partial charge in [-0.15, -0.1) is 0 Å². The smallest absolute Gasteiger partial charge is 1.00 e. The summed E-state index contributed by atoms with van der Waals surface area (Å²) in [5, 5.41) is 8.61. The first-order valence-electron chi connectivity index (χ1n) is 3.94. The number of benzene rings is 1. The Morgan fingerprint density at radius 3 is 2.08 bits per heavy atom. The Balaban J connectivity index is -0.000000480. The fourth-order valence-corrected chi connectivity index (χ4v) is 1.01. The quantitative estimate of drug-likeness (QED) is 0.727. The summed E-state index contributed by atoms with van der Waals surface area (Å²) < 4.78 is 0. The van der Waals surface area contributed by atoms with Gasteiger partial charge in [0.05, 0.1) is 5.56 Å². The molecular weight excluding hydrogens is 176 g/mol. The Bertz CT molecular complexity index is 286. The normalized spacial score (nSPS) is 9.46. The van der Waals surface area contributed by atoms with Crippen LogP contribution in [0.1, 0.15) is 38.5 Å². The Labute approximate surface area is 97.1 Å². The van der Waals surface area contributed by atoms with E-state index in [0.717, 1.165) is 0 Å². The van der Waals surface area contributed by atoms with Gasteiger partial charge in [-0.25, -0.2) is 4.79 Å². The van der Waals surface area contributed by atoms with Crippen LogP contribution in [0.3, 0.4) is 0 Å². The standard InChI is InChI=1S/C10H12O2.Mg.2H/c1-7(2)8-3-5-9(6-4-8)10(11)12;;;/h3-7H,1-2H3,(H,11,12);;;/q;+2;2*-1. The number of aromatic carboxylic acids is 1. The van der Waals surface area contributed by atoms with Crippen molar-refractivity contribution < 1.29 is 12.8 Å². The molecule has 0 spiro atoms. The summed E-state index contributed by atoms with van der Waals surface area (Å²) in [5.74, 6) is -0.418. The monoisotopic (exact) mass is 190 g/mol. The SMILES string of the molecule is CC(C)c1ccc(C(=O)O)cc1.[H-].[H-].[Mg+2]. The van der Waals surface area contributed by atoms with Crippen LogP contribution >= 0.6 is 0 Å². The molecule has 0 aromatic heterocycles. The van der Waals surface area contributed by atoms with Crippen molar-refractivity contribution in [2.75, 3.05) is 0 Å². The van der Waals surface area contributed by atoms with Gasteiger partial charge in [0.15, 0.2) is 0 Å². The molecule has 13 heavy (non-hydrogen) atoms. The van der Waals surface area contributed by atoms with Gasteiger partial charge in [-0.1, -0.05) is 26.0 Å². The van der Waals surface area contributed by atoms with Crippen molar-refractivity contribution in [2.24, 2.45) is 0 Å². The van der Waals surface area contributed by atoms with Crippen LogP contribution in [0.2, 0.25) is 0 Å². The van der Waals surface area contributed by atoms with E-state index in [9.17, 15) is 4.79 Å². The average molecular weight is 191 g/mol. The van der Waals surface area contributed by atoms with E-state index < -0.39 is 5.97 Å². The molecule has 0 radical (unpaired) electrons. The summed E-state index contributed by atoms with van der Waals surface area (Å²) in [6.45, 7) is 4.16. The van der Waals surface area contributed by atoms with E-state index in [2.05, 4.69) is 13.8 Å². The molecule has 0 heterocycles. The van der Waals surface area contributed by atoms with Crippen molar-refractivity contribution >= 4 is 29.0 Å². The zero-order chi connectivity index (χ0) is 9.14. The zero-order valence-corrected chi connectivity index (χ0v) is 9.36. The maximum atomic E-state index is 10.5. The molecule has 0 aliphatic rings.